The topological polar surface area (TPSA) is 59.6 Å². The number of nitrogens with one attached hydrogen (secondary N) is 2. The zero-order chi connectivity index (χ0) is 16.9. The molecule has 1 aliphatic heterocycles. The normalized spacial score (nSPS) is 24.9. The van der Waals surface area contributed by atoms with E-state index in [4.69, 9.17) is 9.47 Å². The molecule has 1 aromatic carbocycles. The minimum Gasteiger partial charge on any atom is -0.491 e. The van der Waals surface area contributed by atoms with Crippen molar-refractivity contribution in [3.63, 3.8) is 0 Å². The molecular weight excluding hydrogens is 311 g/mol. The highest BCUT2D eigenvalue weighted by atomic mass is 19.1. The molecule has 2 fully saturated rings. The van der Waals surface area contributed by atoms with Gasteiger partial charge in [-0.3, -0.25) is 0 Å². The van der Waals surface area contributed by atoms with Crippen molar-refractivity contribution < 1.29 is 18.7 Å². The summed E-state index contributed by atoms with van der Waals surface area (Å²) < 4.78 is 24.1. The maximum Gasteiger partial charge on any atom is 0.315 e. The molecule has 1 saturated heterocycles. The third kappa shape index (κ3) is 5.09. The molecule has 0 radical (unpaired) electrons. The lowest BCUT2D eigenvalue weighted by atomic mass is 10.0. The molecule has 3 unspecified atom stereocenters. The average Bonchev–Trinajstić information content (AvgIpc) is 3.39. The summed E-state index contributed by atoms with van der Waals surface area (Å²) in [6, 6.07) is 5.70. The van der Waals surface area contributed by atoms with Gasteiger partial charge in [0, 0.05) is 12.6 Å². The predicted molar refractivity (Wildman–Crippen MR) is 88.5 cm³/mol. The molecule has 1 heterocycles. The Kier molecular flexibility index (Phi) is 5.56. The second-order valence-corrected chi connectivity index (χ2v) is 6.75. The Morgan fingerprint density at radius 2 is 2.08 bits per heavy atom. The Labute approximate surface area is 141 Å². The van der Waals surface area contributed by atoms with E-state index in [0.29, 0.717) is 24.4 Å². The van der Waals surface area contributed by atoms with Crippen molar-refractivity contribution in [2.75, 3.05) is 13.2 Å². The van der Waals surface area contributed by atoms with Crippen molar-refractivity contribution in [2.24, 2.45) is 5.92 Å². The van der Waals surface area contributed by atoms with Gasteiger partial charge in [-0.05, 0) is 62.8 Å². The molecule has 0 aromatic heterocycles. The fourth-order valence-corrected chi connectivity index (χ4v) is 3.00. The van der Waals surface area contributed by atoms with Crippen LogP contribution < -0.4 is 15.4 Å². The molecule has 132 valence electrons. The third-order valence-electron chi connectivity index (χ3n) is 4.49. The second-order valence-electron chi connectivity index (χ2n) is 6.75. The fraction of sp³-hybridized carbons (Fsp3) is 0.611. The van der Waals surface area contributed by atoms with E-state index in [1.54, 1.807) is 12.1 Å². The molecule has 1 aliphatic carbocycles. The average molecular weight is 336 g/mol. The van der Waals surface area contributed by atoms with E-state index in [9.17, 15) is 9.18 Å². The molecule has 6 heteroatoms. The van der Waals surface area contributed by atoms with E-state index in [-0.39, 0.29) is 23.9 Å². The maximum absolute atomic E-state index is 12.8. The van der Waals surface area contributed by atoms with Crippen LogP contribution in [0.3, 0.4) is 0 Å². The first-order chi connectivity index (χ1) is 11.6. The summed E-state index contributed by atoms with van der Waals surface area (Å²) >= 11 is 0. The van der Waals surface area contributed by atoms with Crippen molar-refractivity contribution in [2.45, 2.75) is 50.8 Å². The number of carbonyl (C=O) groups excluding carboxylic acids is 1. The van der Waals surface area contributed by atoms with Gasteiger partial charge in [-0.15, -0.1) is 0 Å². The molecule has 2 N–H and O–H groups in total. The van der Waals surface area contributed by atoms with Gasteiger partial charge in [-0.25, -0.2) is 9.18 Å². The van der Waals surface area contributed by atoms with Gasteiger partial charge >= 0.3 is 6.03 Å². The lowest BCUT2D eigenvalue weighted by Crippen LogP contribution is -2.49. The first-order valence-corrected chi connectivity index (χ1v) is 8.67. The van der Waals surface area contributed by atoms with Crippen LogP contribution in [0.5, 0.6) is 5.75 Å². The van der Waals surface area contributed by atoms with Gasteiger partial charge in [0.1, 0.15) is 18.2 Å². The molecule has 2 amide bonds. The van der Waals surface area contributed by atoms with Crippen molar-refractivity contribution in [3.05, 3.63) is 30.1 Å². The van der Waals surface area contributed by atoms with Crippen LogP contribution in [0.1, 0.15) is 32.6 Å². The van der Waals surface area contributed by atoms with Gasteiger partial charge in [0.2, 0.25) is 0 Å². The summed E-state index contributed by atoms with van der Waals surface area (Å²) in [7, 11) is 0. The number of hydrogen-bond acceptors (Lipinski definition) is 3. The molecular formula is C18H25FN2O3. The number of amides is 2. The van der Waals surface area contributed by atoms with Crippen LogP contribution in [-0.2, 0) is 4.74 Å². The smallest absolute Gasteiger partial charge is 0.315 e. The first kappa shape index (κ1) is 17.0. The highest BCUT2D eigenvalue weighted by Crippen LogP contribution is 2.38. The van der Waals surface area contributed by atoms with Crippen molar-refractivity contribution >= 4 is 6.03 Å². The largest absolute Gasteiger partial charge is 0.491 e. The number of urea groups is 1. The molecule has 1 saturated carbocycles. The maximum atomic E-state index is 12.8. The number of hydrogen-bond donors (Lipinski definition) is 2. The molecule has 1 aromatic rings. The zero-order valence-corrected chi connectivity index (χ0v) is 14.0. The van der Waals surface area contributed by atoms with E-state index >= 15 is 0 Å². The van der Waals surface area contributed by atoms with Crippen LogP contribution in [0, 0.1) is 11.7 Å². The summed E-state index contributed by atoms with van der Waals surface area (Å²) in [6.07, 6.45) is 4.57. The Morgan fingerprint density at radius 3 is 2.79 bits per heavy atom. The van der Waals surface area contributed by atoms with E-state index in [2.05, 4.69) is 10.6 Å². The summed E-state index contributed by atoms with van der Waals surface area (Å²) in [5.74, 6) is 0.983. The number of carbonyl (C=O) groups is 1. The first-order valence-electron chi connectivity index (χ1n) is 8.67. The highest BCUT2D eigenvalue weighted by molar-refractivity contribution is 5.74. The van der Waals surface area contributed by atoms with E-state index < -0.39 is 0 Å². The quantitative estimate of drug-likeness (QED) is 0.840. The predicted octanol–water partition coefficient (Wildman–Crippen LogP) is 2.85. The van der Waals surface area contributed by atoms with Crippen LogP contribution in [0.2, 0.25) is 0 Å². The Bertz CT molecular complexity index is 548. The zero-order valence-electron chi connectivity index (χ0n) is 14.0. The summed E-state index contributed by atoms with van der Waals surface area (Å²) in [5, 5.41) is 5.91. The monoisotopic (exact) mass is 336 g/mol. The lowest BCUT2D eigenvalue weighted by molar-refractivity contribution is -0.00919. The van der Waals surface area contributed by atoms with Gasteiger partial charge in [0.15, 0.2) is 0 Å². The van der Waals surface area contributed by atoms with Gasteiger partial charge < -0.3 is 20.1 Å². The van der Waals surface area contributed by atoms with Gasteiger partial charge in [-0.1, -0.05) is 0 Å². The van der Waals surface area contributed by atoms with E-state index in [1.807, 2.05) is 6.92 Å². The van der Waals surface area contributed by atoms with Crippen molar-refractivity contribution in [3.8, 4) is 5.75 Å². The van der Waals surface area contributed by atoms with Gasteiger partial charge in [-0.2, -0.15) is 0 Å². The minimum atomic E-state index is -0.297. The molecule has 0 bridgehead atoms. The van der Waals surface area contributed by atoms with Gasteiger partial charge in [0.05, 0.1) is 12.1 Å². The van der Waals surface area contributed by atoms with Gasteiger partial charge in [0.25, 0.3) is 0 Å². The SMILES string of the molecule is CC(COc1ccc(F)cc1)NC(=O)NC1CCOC(C2CC2)C1. The number of rotatable bonds is 6. The van der Waals surface area contributed by atoms with Crippen LogP contribution in [0.4, 0.5) is 9.18 Å². The highest BCUT2D eigenvalue weighted by Gasteiger charge is 2.36. The molecule has 24 heavy (non-hydrogen) atoms. The Balaban J connectivity index is 1.36. The molecule has 3 rings (SSSR count). The van der Waals surface area contributed by atoms with Crippen LogP contribution >= 0.6 is 0 Å². The summed E-state index contributed by atoms with van der Waals surface area (Å²) in [4.78, 5) is 12.1. The molecule has 3 atom stereocenters. The van der Waals surface area contributed by atoms with Crippen LogP contribution in [0.25, 0.3) is 0 Å². The lowest BCUT2D eigenvalue weighted by Gasteiger charge is -2.30. The van der Waals surface area contributed by atoms with E-state index in [0.717, 1.165) is 19.4 Å². The Morgan fingerprint density at radius 1 is 1.33 bits per heavy atom. The van der Waals surface area contributed by atoms with Crippen LogP contribution in [-0.4, -0.2) is 37.4 Å². The molecule has 0 spiro atoms. The Hall–Kier alpha value is -1.82. The summed E-state index contributed by atoms with van der Waals surface area (Å²) in [6.45, 7) is 2.92. The second kappa shape index (κ2) is 7.83. The fourth-order valence-electron chi connectivity index (χ4n) is 3.00. The molecule has 2 aliphatic rings. The molecule has 5 nitrogen and oxygen atoms in total. The number of halogens is 1. The van der Waals surface area contributed by atoms with Crippen molar-refractivity contribution in [1.29, 1.82) is 0 Å². The third-order valence-corrected chi connectivity index (χ3v) is 4.49. The van der Waals surface area contributed by atoms with Crippen LogP contribution in [0.15, 0.2) is 24.3 Å². The standard InChI is InChI=1S/C18H25FN2O3/c1-12(11-24-16-6-4-14(19)5-7-16)20-18(22)21-15-8-9-23-17(10-15)13-2-3-13/h4-7,12-13,15,17H,2-3,8-11H2,1H3,(H2,20,21,22). The number of benzene rings is 1. The number of ether oxygens (including phenoxy) is 2. The summed E-state index contributed by atoms with van der Waals surface area (Å²) in [5.41, 5.74) is 0. The van der Waals surface area contributed by atoms with E-state index in [1.165, 1.54) is 25.0 Å². The minimum absolute atomic E-state index is 0.144. The van der Waals surface area contributed by atoms with Crippen molar-refractivity contribution in [1.82, 2.24) is 10.6 Å².